The van der Waals surface area contributed by atoms with Gasteiger partial charge in [0.1, 0.15) is 12.1 Å². The summed E-state index contributed by atoms with van der Waals surface area (Å²) in [6.45, 7) is 6.17. The van der Waals surface area contributed by atoms with Gasteiger partial charge in [0.15, 0.2) is 0 Å². The Hall–Kier alpha value is -2.14. The molecule has 124 valence electrons. The molecule has 23 heavy (non-hydrogen) atoms. The van der Waals surface area contributed by atoms with Crippen LogP contribution in [0.3, 0.4) is 0 Å². The largest absolute Gasteiger partial charge is 0.464 e. The van der Waals surface area contributed by atoms with Gasteiger partial charge in [-0.15, -0.1) is 0 Å². The topological polar surface area (TPSA) is 67.4 Å². The normalized spacial score (nSPS) is 19.6. The minimum Gasteiger partial charge on any atom is -0.464 e. The number of carbonyl (C=O) groups excluding carboxylic acids is 2. The van der Waals surface area contributed by atoms with Crippen LogP contribution in [0.4, 0.5) is 0 Å². The minimum absolute atomic E-state index is 0.163. The molecule has 1 fully saturated rings. The molecule has 0 bridgehead atoms. The van der Waals surface area contributed by atoms with E-state index in [1.54, 1.807) is 6.08 Å². The highest BCUT2D eigenvalue weighted by Gasteiger charge is 2.31. The first-order valence-electron chi connectivity index (χ1n) is 7.83. The summed E-state index contributed by atoms with van der Waals surface area (Å²) >= 11 is 0. The third-order valence-corrected chi connectivity index (χ3v) is 3.38. The third-order valence-electron chi connectivity index (χ3n) is 3.38. The van der Waals surface area contributed by atoms with E-state index in [2.05, 4.69) is 10.6 Å². The Morgan fingerprint density at radius 1 is 1.30 bits per heavy atom. The van der Waals surface area contributed by atoms with Crippen molar-refractivity contribution < 1.29 is 14.3 Å². The molecule has 1 saturated heterocycles. The Labute approximate surface area is 137 Å². The quantitative estimate of drug-likeness (QED) is 0.814. The van der Waals surface area contributed by atoms with Gasteiger partial charge in [0.25, 0.3) is 0 Å². The predicted octanol–water partition coefficient (Wildman–Crippen LogP) is 1.89. The molecule has 0 aliphatic carbocycles. The number of rotatable bonds is 5. The lowest BCUT2D eigenvalue weighted by atomic mass is 10.1. The molecule has 0 radical (unpaired) electrons. The average molecular weight is 316 g/mol. The van der Waals surface area contributed by atoms with E-state index in [9.17, 15) is 9.59 Å². The molecule has 1 heterocycles. The van der Waals surface area contributed by atoms with Crippen LogP contribution in [0.2, 0.25) is 0 Å². The number of benzene rings is 1. The molecule has 1 amide bonds. The highest BCUT2D eigenvalue weighted by Crippen LogP contribution is 2.10. The van der Waals surface area contributed by atoms with Gasteiger partial charge >= 0.3 is 5.97 Å². The van der Waals surface area contributed by atoms with Gasteiger partial charge in [0.2, 0.25) is 5.91 Å². The van der Waals surface area contributed by atoms with Gasteiger partial charge in [-0.1, -0.05) is 42.5 Å². The standard InChI is InChI=1S/C18H24N2O3/c1-18(2,3)20-16(21)14(19-15-11-12-23-17(15)22)10-9-13-7-5-4-6-8-13/h4-10,14-15,19H,11-12H2,1-3H3,(H,20,21)/b10-9+/t14-,15-/m0/s1. The highest BCUT2D eigenvalue weighted by molar-refractivity contribution is 5.87. The van der Waals surface area contributed by atoms with Crippen molar-refractivity contribution >= 4 is 18.0 Å². The zero-order valence-corrected chi connectivity index (χ0v) is 13.8. The number of amides is 1. The molecule has 0 spiro atoms. The van der Waals surface area contributed by atoms with Crippen LogP contribution in [0, 0.1) is 0 Å². The molecule has 5 heteroatoms. The molecular formula is C18H24N2O3. The van der Waals surface area contributed by atoms with E-state index in [0.29, 0.717) is 13.0 Å². The second kappa shape index (κ2) is 7.42. The summed E-state index contributed by atoms with van der Waals surface area (Å²) in [7, 11) is 0. The lowest BCUT2D eigenvalue weighted by molar-refractivity contribution is -0.139. The van der Waals surface area contributed by atoms with Crippen LogP contribution in [0.5, 0.6) is 0 Å². The van der Waals surface area contributed by atoms with E-state index in [1.807, 2.05) is 57.2 Å². The molecule has 1 aromatic rings. The van der Waals surface area contributed by atoms with Crippen LogP contribution in [-0.4, -0.2) is 36.1 Å². The first-order valence-corrected chi connectivity index (χ1v) is 7.83. The molecule has 5 nitrogen and oxygen atoms in total. The Bertz CT molecular complexity index is 576. The van der Waals surface area contributed by atoms with Crippen molar-refractivity contribution in [1.29, 1.82) is 0 Å². The maximum Gasteiger partial charge on any atom is 0.323 e. The number of hydrogen-bond donors (Lipinski definition) is 2. The highest BCUT2D eigenvalue weighted by atomic mass is 16.5. The van der Waals surface area contributed by atoms with E-state index < -0.39 is 12.1 Å². The third kappa shape index (κ3) is 5.53. The number of nitrogens with one attached hydrogen (secondary N) is 2. The lowest BCUT2D eigenvalue weighted by Crippen LogP contribution is -2.53. The summed E-state index contributed by atoms with van der Waals surface area (Å²) in [5.74, 6) is -0.462. The van der Waals surface area contributed by atoms with Gasteiger partial charge in [-0.25, -0.2) is 0 Å². The monoisotopic (exact) mass is 316 g/mol. The van der Waals surface area contributed by atoms with Crippen molar-refractivity contribution in [1.82, 2.24) is 10.6 Å². The fraction of sp³-hybridized carbons (Fsp3) is 0.444. The van der Waals surface area contributed by atoms with Gasteiger partial charge in [-0.05, 0) is 26.3 Å². The molecule has 1 aromatic carbocycles. The van der Waals surface area contributed by atoms with E-state index >= 15 is 0 Å². The maximum absolute atomic E-state index is 12.5. The second-order valence-corrected chi connectivity index (χ2v) is 6.66. The van der Waals surface area contributed by atoms with E-state index in [1.165, 1.54) is 0 Å². The number of carbonyl (C=O) groups is 2. The average Bonchev–Trinajstić information content (AvgIpc) is 2.88. The van der Waals surface area contributed by atoms with Crippen molar-refractivity contribution in [3.8, 4) is 0 Å². The van der Waals surface area contributed by atoms with Crippen LogP contribution in [0.25, 0.3) is 6.08 Å². The number of hydrogen-bond acceptors (Lipinski definition) is 4. The minimum atomic E-state index is -0.593. The van der Waals surface area contributed by atoms with Crippen molar-refractivity contribution in [2.45, 2.75) is 44.8 Å². The molecular weight excluding hydrogens is 292 g/mol. The van der Waals surface area contributed by atoms with Gasteiger partial charge in [-0.3, -0.25) is 14.9 Å². The summed E-state index contributed by atoms with van der Waals surface area (Å²) in [5.41, 5.74) is 0.658. The molecule has 0 aromatic heterocycles. The first-order chi connectivity index (χ1) is 10.8. The first kappa shape index (κ1) is 17.2. The molecule has 2 rings (SSSR count). The fourth-order valence-electron chi connectivity index (χ4n) is 2.30. The zero-order chi connectivity index (χ0) is 16.9. The molecule has 1 aliphatic rings. The van der Waals surface area contributed by atoms with Crippen molar-refractivity contribution in [2.24, 2.45) is 0 Å². The van der Waals surface area contributed by atoms with Crippen molar-refractivity contribution in [3.63, 3.8) is 0 Å². The van der Waals surface area contributed by atoms with Crippen molar-refractivity contribution in [2.75, 3.05) is 6.61 Å². The summed E-state index contributed by atoms with van der Waals surface area (Å²) in [6.07, 6.45) is 4.24. The Morgan fingerprint density at radius 3 is 2.57 bits per heavy atom. The fourth-order valence-corrected chi connectivity index (χ4v) is 2.30. The molecule has 2 N–H and O–H groups in total. The summed E-state index contributed by atoms with van der Waals surface area (Å²) < 4.78 is 4.95. The van der Waals surface area contributed by atoms with Crippen LogP contribution >= 0.6 is 0 Å². The van der Waals surface area contributed by atoms with Crippen LogP contribution in [0.1, 0.15) is 32.8 Å². The number of esters is 1. The Balaban J connectivity index is 2.11. The SMILES string of the molecule is CC(C)(C)NC(=O)[C@H](/C=C/c1ccccc1)N[C@H]1CCOC1=O. The van der Waals surface area contributed by atoms with E-state index in [-0.39, 0.29) is 17.4 Å². The van der Waals surface area contributed by atoms with E-state index in [4.69, 9.17) is 4.74 Å². The van der Waals surface area contributed by atoms with Crippen LogP contribution in [0.15, 0.2) is 36.4 Å². The van der Waals surface area contributed by atoms with Crippen LogP contribution in [-0.2, 0) is 14.3 Å². The van der Waals surface area contributed by atoms with Crippen molar-refractivity contribution in [3.05, 3.63) is 42.0 Å². The van der Waals surface area contributed by atoms with Gasteiger partial charge in [-0.2, -0.15) is 0 Å². The van der Waals surface area contributed by atoms with Gasteiger partial charge in [0, 0.05) is 12.0 Å². The van der Waals surface area contributed by atoms with Crippen LogP contribution < -0.4 is 10.6 Å². The Kier molecular flexibility index (Phi) is 5.55. The molecule has 1 aliphatic heterocycles. The summed E-state index contributed by atoms with van der Waals surface area (Å²) in [6, 6.07) is 8.69. The smallest absolute Gasteiger partial charge is 0.323 e. The maximum atomic E-state index is 12.5. The molecule has 0 saturated carbocycles. The van der Waals surface area contributed by atoms with E-state index in [0.717, 1.165) is 5.56 Å². The summed E-state index contributed by atoms with van der Waals surface area (Å²) in [4.78, 5) is 24.1. The lowest BCUT2D eigenvalue weighted by Gasteiger charge is -2.25. The van der Waals surface area contributed by atoms with Gasteiger partial charge < -0.3 is 10.1 Å². The molecule has 0 unspecified atom stereocenters. The molecule has 2 atom stereocenters. The Morgan fingerprint density at radius 2 is 2.00 bits per heavy atom. The zero-order valence-electron chi connectivity index (χ0n) is 13.8. The predicted molar refractivity (Wildman–Crippen MR) is 89.7 cm³/mol. The second-order valence-electron chi connectivity index (χ2n) is 6.66. The number of cyclic esters (lactones) is 1. The number of ether oxygens (including phenoxy) is 1. The summed E-state index contributed by atoms with van der Waals surface area (Å²) in [5, 5.41) is 6.02. The van der Waals surface area contributed by atoms with Gasteiger partial charge in [0.05, 0.1) is 6.61 Å².